The minimum atomic E-state index is -0.642. The highest BCUT2D eigenvalue weighted by atomic mass is 16.5. The van der Waals surface area contributed by atoms with Crippen LogP contribution in [0.15, 0.2) is 24.3 Å². The summed E-state index contributed by atoms with van der Waals surface area (Å²) in [6.45, 7) is 3.46. The lowest BCUT2D eigenvalue weighted by molar-refractivity contribution is -0.136. The number of nitrogens with two attached hydrogens (primary N) is 1. The molecule has 2 fully saturated rings. The average molecular weight is 332 g/mol. The maximum absolute atomic E-state index is 11.6. The van der Waals surface area contributed by atoms with Gasteiger partial charge in [0, 0.05) is 24.1 Å². The molecule has 24 heavy (non-hydrogen) atoms. The zero-order chi connectivity index (χ0) is 17.2. The van der Waals surface area contributed by atoms with E-state index in [0.29, 0.717) is 19.6 Å². The van der Waals surface area contributed by atoms with Gasteiger partial charge in [-0.3, -0.25) is 9.69 Å². The van der Waals surface area contributed by atoms with Crippen molar-refractivity contribution in [2.75, 3.05) is 19.7 Å². The zero-order valence-corrected chi connectivity index (χ0v) is 14.4. The number of benzene rings is 1. The second kappa shape index (κ2) is 7.11. The van der Waals surface area contributed by atoms with Gasteiger partial charge in [-0.15, -0.1) is 0 Å². The van der Waals surface area contributed by atoms with Crippen molar-refractivity contribution in [3.8, 4) is 5.75 Å². The van der Waals surface area contributed by atoms with E-state index in [0.717, 1.165) is 37.0 Å². The number of nitrogens with zero attached hydrogens (tertiary/aromatic N) is 1. The summed E-state index contributed by atoms with van der Waals surface area (Å²) in [6.07, 6.45) is 4.71. The summed E-state index contributed by atoms with van der Waals surface area (Å²) < 4.78 is 5.83. The van der Waals surface area contributed by atoms with Crippen LogP contribution in [0.2, 0.25) is 0 Å². The maximum Gasteiger partial charge on any atom is 0.231 e. The highest BCUT2D eigenvalue weighted by Gasteiger charge is 2.49. The Bertz CT molecular complexity index is 592. The first-order chi connectivity index (χ1) is 11.5. The van der Waals surface area contributed by atoms with Gasteiger partial charge in [0.15, 0.2) is 0 Å². The minimum Gasteiger partial charge on any atom is -0.494 e. The Morgan fingerprint density at radius 1 is 1.38 bits per heavy atom. The molecule has 0 unspecified atom stereocenters. The number of fused-ring (bicyclic) bond motifs is 1. The van der Waals surface area contributed by atoms with Gasteiger partial charge in [0.05, 0.1) is 18.8 Å². The summed E-state index contributed by atoms with van der Waals surface area (Å²) >= 11 is 0. The maximum atomic E-state index is 11.6. The number of amides is 1. The third kappa shape index (κ3) is 3.28. The number of piperidine rings is 1. The van der Waals surface area contributed by atoms with Crippen LogP contribution in [0.1, 0.15) is 50.6 Å². The van der Waals surface area contributed by atoms with Crippen molar-refractivity contribution in [2.24, 2.45) is 11.7 Å². The smallest absolute Gasteiger partial charge is 0.231 e. The van der Waals surface area contributed by atoms with Crippen molar-refractivity contribution in [3.63, 3.8) is 0 Å². The van der Waals surface area contributed by atoms with Gasteiger partial charge in [0.1, 0.15) is 5.75 Å². The molecule has 3 atom stereocenters. The molecule has 1 heterocycles. The second-order valence-corrected chi connectivity index (χ2v) is 7.06. The average Bonchev–Trinajstić information content (AvgIpc) is 2.55. The number of hydrogen-bond donors (Lipinski definition) is 2. The largest absolute Gasteiger partial charge is 0.494 e. The summed E-state index contributed by atoms with van der Waals surface area (Å²) in [5.41, 5.74) is 5.91. The van der Waals surface area contributed by atoms with Crippen molar-refractivity contribution in [2.45, 2.75) is 50.7 Å². The van der Waals surface area contributed by atoms with Crippen molar-refractivity contribution in [3.05, 3.63) is 29.8 Å². The van der Waals surface area contributed by atoms with Crippen LogP contribution < -0.4 is 10.5 Å². The van der Waals surface area contributed by atoms with Crippen LogP contribution in [-0.2, 0) is 4.79 Å². The van der Waals surface area contributed by atoms with Crippen LogP contribution in [0.5, 0.6) is 5.75 Å². The van der Waals surface area contributed by atoms with Gasteiger partial charge < -0.3 is 15.6 Å². The molecule has 5 nitrogen and oxygen atoms in total. The van der Waals surface area contributed by atoms with Crippen molar-refractivity contribution >= 4 is 5.91 Å². The van der Waals surface area contributed by atoms with E-state index < -0.39 is 5.60 Å². The highest BCUT2D eigenvalue weighted by Crippen LogP contribution is 2.50. The van der Waals surface area contributed by atoms with Gasteiger partial charge in [0.25, 0.3) is 0 Å². The van der Waals surface area contributed by atoms with E-state index >= 15 is 0 Å². The Kier molecular flexibility index (Phi) is 5.11. The van der Waals surface area contributed by atoms with Crippen LogP contribution in [0.3, 0.4) is 0 Å². The van der Waals surface area contributed by atoms with E-state index in [4.69, 9.17) is 10.5 Å². The van der Waals surface area contributed by atoms with E-state index in [1.807, 2.05) is 25.1 Å². The van der Waals surface area contributed by atoms with E-state index in [-0.39, 0.29) is 24.4 Å². The predicted octanol–water partition coefficient (Wildman–Crippen LogP) is 2.24. The Balaban J connectivity index is 2.01. The van der Waals surface area contributed by atoms with Crippen LogP contribution >= 0.6 is 0 Å². The standard InChI is InChI=1S/C19H28N2O3/c1-2-24-16-9-4-3-7-14(16)18-15-8-5-6-10-19(15,23)11-12-21(18)13-17(20)22/h3-4,7,9,15,18,23H,2,5-6,8,10-13H2,1H3,(H2,20,22)/t15-,18+,19-/m1/s1. The molecule has 1 aromatic carbocycles. The molecular weight excluding hydrogens is 304 g/mol. The van der Waals surface area contributed by atoms with Crippen LogP contribution in [0.4, 0.5) is 0 Å². The molecule has 5 heteroatoms. The molecule has 3 N–H and O–H groups in total. The Labute approximate surface area is 143 Å². The SMILES string of the molecule is CCOc1ccccc1[C@H]1[C@H]2CCCC[C@@]2(O)CCN1CC(N)=O. The topological polar surface area (TPSA) is 75.8 Å². The molecule has 0 aromatic heterocycles. The lowest BCUT2D eigenvalue weighted by Gasteiger charge is -2.52. The molecule has 0 spiro atoms. The second-order valence-electron chi connectivity index (χ2n) is 7.06. The molecule has 0 radical (unpaired) electrons. The number of carbonyl (C=O) groups is 1. The number of aliphatic hydroxyl groups is 1. The monoisotopic (exact) mass is 332 g/mol. The molecule has 1 saturated carbocycles. The van der Waals surface area contributed by atoms with Crippen molar-refractivity contribution in [1.29, 1.82) is 0 Å². The van der Waals surface area contributed by atoms with Crippen LogP contribution in [-0.4, -0.2) is 41.2 Å². The number of hydrogen-bond acceptors (Lipinski definition) is 4. The summed E-state index contributed by atoms with van der Waals surface area (Å²) in [6, 6.07) is 7.96. The summed E-state index contributed by atoms with van der Waals surface area (Å²) in [4.78, 5) is 13.7. The normalized spacial score (nSPS) is 30.6. The van der Waals surface area contributed by atoms with E-state index in [9.17, 15) is 9.90 Å². The van der Waals surface area contributed by atoms with Gasteiger partial charge in [-0.2, -0.15) is 0 Å². The third-order valence-electron chi connectivity index (χ3n) is 5.57. The van der Waals surface area contributed by atoms with Crippen molar-refractivity contribution < 1.29 is 14.6 Å². The van der Waals surface area contributed by atoms with E-state index in [2.05, 4.69) is 11.0 Å². The molecule has 0 bridgehead atoms. The number of primary amides is 1. The first kappa shape index (κ1) is 17.2. The lowest BCUT2D eigenvalue weighted by atomic mass is 9.66. The van der Waals surface area contributed by atoms with Gasteiger partial charge in [0.2, 0.25) is 5.91 Å². The van der Waals surface area contributed by atoms with Gasteiger partial charge in [-0.1, -0.05) is 31.0 Å². The Hall–Kier alpha value is -1.59. The van der Waals surface area contributed by atoms with E-state index in [1.165, 1.54) is 0 Å². The minimum absolute atomic E-state index is 0.0284. The summed E-state index contributed by atoms with van der Waals surface area (Å²) in [5.74, 6) is 0.630. The molecule has 1 saturated heterocycles. The third-order valence-corrected chi connectivity index (χ3v) is 5.57. The molecule has 1 aromatic rings. The van der Waals surface area contributed by atoms with E-state index in [1.54, 1.807) is 0 Å². The molecule has 1 aliphatic carbocycles. The van der Waals surface area contributed by atoms with Crippen LogP contribution in [0, 0.1) is 5.92 Å². The Morgan fingerprint density at radius 3 is 2.92 bits per heavy atom. The number of para-hydroxylation sites is 1. The molecule has 1 aliphatic heterocycles. The quantitative estimate of drug-likeness (QED) is 0.867. The highest BCUT2D eigenvalue weighted by molar-refractivity contribution is 5.76. The van der Waals surface area contributed by atoms with Gasteiger partial charge >= 0.3 is 0 Å². The number of rotatable bonds is 5. The number of carbonyl (C=O) groups excluding carboxylic acids is 1. The lowest BCUT2D eigenvalue weighted by Crippen LogP contribution is -2.56. The first-order valence-corrected chi connectivity index (χ1v) is 9.01. The Morgan fingerprint density at radius 2 is 2.17 bits per heavy atom. The van der Waals surface area contributed by atoms with Gasteiger partial charge in [-0.25, -0.2) is 0 Å². The van der Waals surface area contributed by atoms with Gasteiger partial charge in [-0.05, 0) is 32.3 Å². The predicted molar refractivity (Wildman–Crippen MR) is 92.6 cm³/mol. The fourth-order valence-electron chi connectivity index (χ4n) is 4.55. The fraction of sp³-hybridized carbons (Fsp3) is 0.632. The molecule has 3 rings (SSSR count). The number of likely N-dealkylation sites (tertiary alicyclic amines) is 1. The molecule has 1 amide bonds. The first-order valence-electron chi connectivity index (χ1n) is 9.01. The number of ether oxygens (including phenoxy) is 1. The van der Waals surface area contributed by atoms with Crippen LogP contribution in [0.25, 0.3) is 0 Å². The molecule has 2 aliphatic rings. The molecule has 132 valence electrons. The zero-order valence-electron chi connectivity index (χ0n) is 14.4. The summed E-state index contributed by atoms with van der Waals surface area (Å²) in [5, 5.41) is 11.2. The summed E-state index contributed by atoms with van der Waals surface area (Å²) in [7, 11) is 0. The fourth-order valence-corrected chi connectivity index (χ4v) is 4.55. The van der Waals surface area contributed by atoms with Crippen molar-refractivity contribution in [1.82, 2.24) is 4.90 Å². The molecular formula is C19H28N2O3.